The van der Waals surface area contributed by atoms with Crippen LogP contribution in [0.5, 0.6) is 0 Å². The summed E-state index contributed by atoms with van der Waals surface area (Å²) in [5.74, 6) is 0. The second-order valence-corrected chi connectivity index (χ2v) is 12.8. The standard InChI is InChI=1S/C10H20Cl4Si/c1-3-9(11)5-7-15(13,14)8-6-10(12)4-2/h9-10H,3-8H2,1-2H3. The summed E-state index contributed by atoms with van der Waals surface area (Å²) in [5, 5.41) is 0.430. The fourth-order valence-electron chi connectivity index (χ4n) is 1.27. The van der Waals surface area contributed by atoms with E-state index in [0.717, 1.165) is 37.8 Å². The first-order valence-electron chi connectivity index (χ1n) is 5.57. The lowest BCUT2D eigenvalue weighted by atomic mass is 10.3. The van der Waals surface area contributed by atoms with Crippen LogP contribution in [0.3, 0.4) is 0 Å². The zero-order valence-corrected chi connectivity index (χ0v) is 13.4. The topological polar surface area (TPSA) is 0 Å². The average molecular weight is 310 g/mol. The lowest BCUT2D eigenvalue weighted by Crippen LogP contribution is -2.21. The van der Waals surface area contributed by atoms with Crippen LogP contribution in [-0.4, -0.2) is 17.4 Å². The van der Waals surface area contributed by atoms with Crippen LogP contribution in [0.4, 0.5) is 0 Å². The van der Waals surface area contributed by atoms with Gasteiger partial charge in [-0.25, -0.2) is 0 Å². The summed E-state index contributed by atoms with van der Waals surface area (Å²) >= 11 is 24.7. The Kier molecular flexibility index (Phi) is 9.24. The van der Waals surface area contributed by atoms with Crippen molar-refractivity contribution < 1.29 is 0 Å². The normalized spacial score (nSPS) is 16.4. The van der Waals surface area contributed by atoms with E-state index in [9.17, 15) is 0 Å². The lowest BCUT2D eigenvalue weighted by molar-refractivity contribution is 0.758. The van der Waals surface area contributed by atoms with Crippen LogP contribution >= 0.6 is 45.4 Å². The van der Waals surface area contributed by atoms with E-state index in [-0.39, 0.29) is 10.8 Å². The third-order valence-electron chi connectivity index (χ3n) is 2.53. The highest BCUT2D eigenvalue weighted by atomic mass is 35.7. The monoisotopic (exact) mass is 308 g/mol. The highest BCUT2D eigenvalue weighted by Crippen LogP contribution is 2.32. The molecule has 0 bridgehead atoms. The maximum absolute atomic E-state index is 6.33. The van der Waals surface area contributed by atoms with Gasteiger partial charge >= 0.3 is 0 Å². The molecule has 0 nitrogen and oxygen atoms in total. The van der Waals surface area contributed by atoms with Crippen LogP contribution in [0.2, 0.25) is 12.1 Å². The molecule has 5 heteroatoms. The quantitative estimate of drug-likeness (QED) is 0.305. The Hall–Kier alpha value is 1.38. The molecule has 0 saturated carbocycles. The van der Waals surface area contributed by atoms with Crippen LogP contribution in [0.15, 0.2) is 0 Å². The van der Waals surface area contributed by atoms with Gasteiger partial charge in [0.1, 0.15) is 0 Å². The Bertz CT molecular complexity index is 148. The average Bonchev–Trinajstić information content (AvgIpc) is 2.22. The van der Waals surface area contributed by atoms with Gasteiger partial charge in [0.05, 0.1) is 0 Å². The summed E-state index contributed by atoms with van der Waals surface area (Å²) in [4.78, 5) is 0. The van der Waals surface area contributed by atoms with Crippen molar-refractivity contribution in [1.29, 1.82) is 0 Å². The van der Waals surface area contributed by atoms with E-state index in [2.05, 4.69) is 13.8 Å². The van der Waals surface area contributed by atoms with Crippen LogP contribution in [0.25, 0.3) is 0 Å². The fraction of sp³-hybridized carbons (Fsp3) is 1.00. The van der Waals surface area contributed by atoms with Gasteiger partial charge in [-0.1, -0.05) is 13.8 Å². The Morgan fingerprint density at radius 2 is 1.20 bits per heavy atom. The number of hydrogen-bond donors (Lipinski definition) is 0. The van der Waals surface area contributed by atoms with E-state index < -0.39 is 6.69 Å². The molecule has 0 fully saturated rings. The summed E-state index contributed by atoms with van der Waals surface area (Å²) in [7, 11) is 0. The van der Waals surface area contributed by atoms with Crippen molar-refractivity contribution in [3.8, 4) is 0 Å². The molecule has 0 aliphatic heterocycles. The molecule has 0 saturated heterocycles. The van der Waals surface area contributed by atoms with Gasteiger partial charge in [0.15, 0.2) is 0 Å². The molecule has 0 aromatic carbocycles. The van der Waals surface area contributed by atoms with Gasteiger partial charge in [0, 0.05) is 10.8 Å². The number of hydrogen-bond acceptors (Lipinski definition) is 0. The molecule has 2 unspecified atom stereocenters. The van der Waals surface area contributed by atoms with Crippen molar-refractivity contribution >= 4 is 52.1 Å². The first kappa shape index (κ1) is 16.4. The third kappa shape index (κ3) is 9.11. The number of alkyl halides is 2. The third-order valence-corrected chi connectivity index (χ3v) is 7.89. The molecule has 2 atom stereocenters. The minimum Gasteiger partial charge on any atom is -0.146 e. The van der Waals surface area contributed by atoms with Crippen LogP contribution in [0, 0.1) is 0 Å². The maximum Gasteiger partial charge on any atom is 0.251 e. The summed E-state index contributed by atoms with van der Waals surface area (Å²) in [6.45, 7) is 2.07. The van der Waals surface area contributed by atoms with Crippen molar-refractivity contribution in [1.82, 2.24) is 0 Å². The van der Waals surface area contributed by atoms with Gasteiger partial charge in [-0.3, -0.25) is 0 Å². The molecule has 0 aromatic heterocycles. The molecule has 0 spiro atoms. The lowest BCUT2D eigenvalue weighted by Gasteiger charge is -2.19. The predicted molar refractivity (Wildman–Crippen MR) is 76.2 cm³/mol. The van der Waals surface area contributed by atoms with Crippen LogP contribution in [-0.2, 0) is 0 Å². The molecule has 0 N–H and O–H groups in total. The van der Waals surface area contributed by atoms with E-state index in [4.69, 9.17) is 45.4 Å². The molecule has 0 rings (SSSR count). The molecule has 0 aliphatic carbocycles. The molecular weight excluding hydrogens is 290 g/mol. The highest BCUT2D eigenvalue weighted by molar-refractivity contribution is 7.45. The van der Waals surface area contributed by atoms with E-state index in [1.54, 1.807) is 0 Å². The molecule has 0 aliphatic rings. The predicted octanol–water partition coefficient (Wildman–Crippen LogP) is 5.72. The molecule has 0 heterocycles. The highest BCUT2D eigenvalue weighted by Gasteiger charge is 2.29. The van der Waals surface area contributed by atoms with Crippen molar-refractivity contribution in [2.75, 3.05) is 0 Å². The molecular formula is C10H20Cl4Si. The smallest absolute Gasteiger partial charge is 0.146 e. The summed E-state index contributed by atoms with van der Waals surface area (Å²) in [6.07, 6.45) is 3.81. The van der Waals surface area contributed by atoms with Gasteiger partial charge in [0.25, 0.3) is 6.69 Å². The van der Waals surface area contributed by atoms with Gasteiger partial charge in [-0.15, -0.1) is 45.4 Å². The van der Waals surface area contributed by atoms with Crippen LogP contribution < -0.4 is 0 Å². The van der Waals surface area contributed by atoms with Gasteiger partial charge in [-0.2, -0.15) is 0 Å². The van der Waals surface area contributed by atoms with Crippen molar-refractivity contribution in [2.24, 2.45) is 0 Å². The van der Waals surface area contributed by atoms with Gasteiger partial charge in [0.2, 0.25) is 0 Å². The Balaban J connectivity index is 3.75. The Morgan fingerprint density at radius 3 is 1.47 bits per heavy atom. The Labute approximate surface area is 114 Å². The first-order valence-corrected chi connectivity index (χ1v) is 10.9. The molecule has 0 aromatic rings. The first-order chi connectivity index (χ1) is 6.91. The second kappa shape index (κ2) is 8.47. The molecule has 92 valence electrons. The maximum atomic E-state index is 6.33. The minimum atomic E-state index is -2.09. The van der Waals surface area contributed by atoms with E-state index in [0.29, 0.717) is 0 Å². The van der Waals surface area contributed by atoms with Crippen molar-refractivity contribution in [3.05, 3.63) is 0 Å². The minimum absolute atomic E-state index is 0.215. The SMILES string of the molecule is CCC(Cl)CC[Si](Cl)(Cl)CCC(Cl)CC. The van der Waals surface area contributed by atoms with Crippen LogP contribution in [0.1, 0.15) is 39.5 Å². The fourth-order valence-corrected chi connectivity index (χ4v) is 4.95. The van der Waals surface area contributed by atoms with E-state index in [1.165, 1.54) is 0 Å². The largest absolute Gasteiger partial charge is 0.251 e. The van der Waals surface area contributed by atoms with E-state index in [1.807, 2.05) is 0 Å². The Morgan fingerprint density at radius 1 is 0.867 bits per heavy atom. The number of rotatable bonds is 8. The molecule has 0 radical (unpaired) electrons. The molecule has 0 amide bonds. The summed E-state index contributed by atoms with van der Waals surface area (Å²) in [6, 6.07) is 1.76. The summed E-state index contributed by atoms with van der Waals surface area (Å²) < 4.78 is 0. The van der Waals surface area contributed by atoms with Crippen molar-refractivity contribution in [2.45, 2.75) is 62.4 Å². The van der Waals surface area contributed by atoms with Crippen molar-refractivity contribution in [3.63, 3.8) is 0 Å². The number of halogens is 4. The van der Waals surface area contributed by atoms with Gasteiger partial charge < -0.3 is 0 Å². The second-order valence-electron chi connectivity index (χ2n) is 3.94. The zero-order chi connectivity index (χ0) is 11.9. The van der Waals surface area contributed by atoms with E-state index >= 15 is 0 Å². The molecule has 15 heavy (non-hydrogen) atoms. The zero-order valence-electron chi connectivity index (χ0n) is 9.41. The van der Waals surface area contributed by atoms with Gasteiger partial charge in [-0.05, 0) is 37.8 Å². The summed E-state index contributed by atoms with van der Waals surface area (Å²) in [5.41, 5.74) is 0.